The van der Waals surface area contributed by atoms with Crippen molar-refractivity contribution in [2.75, 3.05) is 13.1 Å². The molecule has 3 aromatic carbocycles. The Kier molecular flexibility index (Phi) is 7.67. The second-order valence-electron chi connectivity index (χ2n) is 10.9. The largest absolute Gasteiger partial charge is 0.451 e. The van der Waals surface area contributed by atoms with Gasteiger partial charge < -0.3 is 9.73 Å². The number of carbonyl (C=O) groups is 2. The Hall–Kier alpha value is -5.00. The smallest absolute Gasteiger partial charge is 0.287 e. The molecule has 1 aliphatic rings. The summed E-state index contributed by atoms with van der Waals surface area (Å²) in [6, 6.07) is 25.2. The lowest BCUT2D eigenvalue weighted by molar-refractivity contribution is 0.0882. The molecule has 6 rings (SSSR count). The highest BCUT2D eigenvalue weighted by Crippen LogP contribution is 2.23. The van der Waals surface area contributed by atoms with Gasteiger partial charge in [-0.25, -0.2) is 4.68 Å². The summed E-state index contributed by atoms with van der Waals surface area (Å²) in [5.41, 5.74) is 5.91. The average Bonchev–Trinajstić information content (AvgIpc) is 3.67. The van der Waals surface area contributed by atoms with Crippen LogP contribution in [0.25, 0.3) is 16.7 Å². The topological polar surface area (TPSA) is 104 Å². The molecule has 0 radical (unpaired) electrons. The van der Waals surface area contributed by atoms with Crippen molar-refractivity contribution in [3.63, 3.8) is 0 Å². The van der Waals surface area contributed by atoms with Gasteiger partial charge >= 0.3 is 0 Å². The number of carbonyl (C=O) groups excluding carboxylic acids is 2. The molecule has 3 heterocycles. The maximum absolute atomic E-state index is 13.0. The van der Waals surface area contributed by atoms with E-state index in [1.54, 1.807) is 23.1 Å². The van der Waals surface area contributed by atoms with Gasteiger partial charge in [0.1, 0.15) is 5.58 Å². The van der Waals surface area contributed by atoms with Gasteiger partial charge in [0, 0.05) is 43.7 Å². The number of fused-ring (bicyclic) bond motifs is 1. The Morgan fingerprint density at radius 3 is 2.48 bits per heavy atom. The lowest BCUT2D eigenvalue weighted by Crippen LogP contribution is -2.44. The van der Waals surface area contributed by atoms with E-state index in [4.69, 9.17) is 9.68 Å². The molecule has 42 heavy (non-hydrogen) atoms. The van der Waals surface area contributed by atoms with Crippen LogP contribution in [-0.4, -0.2) is 45.5 Å². The van der Waals surface area contributed by atoms with E-state index in [1.165, 1.54) is 5.56 Å². The summed E-state index contributed by atoms with van der Waals surface area (Å²) in [7, 11) is 0. The second-order valence-corrected chi connectivity index (χ2v) is 10.9. The van der Waals surface area contributed by atoms with Crippen LogP contribution in [0.2, 0.25) is 0 Å². The summed E-state index contributed by atoms with van der Waals surface area (Å²) >= 11 is 0. The van der Waals surface area contributed by atoms with Crippen LogP contribution in [0, 0.1) is 18.3 Å². The summed E-state index contributed by atoms with van der Waals surface area (Å²) in [4.78, 5) is 28.3. The molecular formula is C34H31N5O3. The van der Waals surface area contributed by atoms with Crippen LogP contribution in [0.5, 0.6) is 0 Å². The van der Waals surface area contributed by atoms with Gasteiger partial charge in [0.2, 0.25) is 0 Å². The molecule has 5 aromatic rings. The maximum Gasteiger partial charge on any atom is 0.287 e. The summed E-state index contributed by atoms with van der Waals surface area (Å²) in [5.74, 6) is 0.0189. The number of aromatic nitrogens is 2. The van der Waals surface area contributed by atoms with E-state index in [9.17, 15) is 9.59 Å². The van der Waals surface area contributed by atoms with Crippen molar-refractivity contribution in [1.82, 2.24) is 20.0 Å². The fraction of sp³-hybridized carbons (Fsp3) is 0.235. The van der Waals surface area contributed by atoms with E-state index in [0.29, 0.717) is 16.7 Å². The van der Waals surface area contributed by atoms with Crippen molar-refractivity contribution in [2.24, 2.45) is 0 Å². The second kappa shape index (κ2) is 11.9. The van der Waals surface area contributed by atoms with Crippen LogP contribution in [0.15, 0.2) is 89.6 Å². The number of hydrogen-bond acceptors (Lipinski definition) is 6. The van der Waals surface area contributed by atoms with Crippen molar-refractivity contribution < 1.29 is 14.0 Å². The first-order chi connectivity index (χ1) is 20.4. The van der Waals surface area contributed by atoms with Gasteiger partial charge in [-0.05, 0) is 73.4 Å². The highest BCUT2D eigenvalue weighted by molar-refractivity contribution is 5.99. The average molecular weight is 558 g/mol. The van der Waals surface area contributed by atoms with Crippen molar-refractivity contribution in [2.45, 2.75) is 38.8 Å². The third-order valence-corrected chi connectivity index (χ3v) is 7.78. The molecule has 1 amide bonds. The lowest BCUT2D eigenvalue weighted by Gasteiger charge is -2.32. The highest BCUT2D eigenvalue weighted by Gasteiger charge is 2.23. The molecule has 1 N–H and O–H groups in total. The van der Waals surface area contributed by atoms with Crippen LogP contribution >= 0.6 is 0 Å². The van der Waals surface area contributed by atoms with Crippen molar-refractivity contribution in [3.8, 4) is 11.8 Å². The lowest BCUT2D eigenvalue weighted by atomic mass is 10.0. The SMILES string of the molecule is Cc1ccc(-n2cc(C(=O)Cc3ccc4oc(C(=O)NC5CCN(Cc6ccc(C#N)cc6)CC5)cc4c3)cn2)cc1. The van der Waals surface area contributed by atoms with E-state index in [0.717, 1.165) is 54.7 Å². The number of amides is 1. The molecule has 0 bridgehead atoms. The number of likely N-dealkylation sites (tertiary alicyclic amines) is 1. The molecular weight excluding hydrogens is 526 g/mol. The molecule has 1 aliphatic heterocycles. The molecule has 0 aliphatic carbocycles. The van der Waals surface area contributed by atoms with E-state index < -0.39 is 0 Å². The standard InChI is InChI=1S/C34H31N5O3/c1-23-2-9-30(10-3-23)39-22-28(20-36-39)31(40)17-26-8-11-32-27(16-26)18-33(42-32)34(41)37-29-12-14-38(15-13-29)21-25-6-4-24(19-35)5-7-25/h2-11,16,18,20,22,29H,12-15,17,21H2,1H3,(H,37,41). The van der Waals surface area contributed by atoms with Crippen LogP contribution in [0.3, 0.4) is 0 Å². The Morgan fingerprint density at radius 1 is 1.00 bits per heavy atom. The first kappa shape index (κ1) is 27.2. The normalized spacial score (nSPS) is 14.1. The van der Waals surface area contributed by atoms with Gasteiger partial charge in [-0.1, -0.05) is 35.9 Å². The first-order valence-corrected chi connectivity index (χ1v) is 14.1. The van der Waals surface area contributed by atoms with Crippen molar-refractivity contribution in [3.05, 3.63) is 119 Å². The number of nitriles is 1. The maximum atomic E-state index is 13.0. The zero-order chi connectivity index (χ0) is 29.1. The Balaban J connectivity index is 1.03. The Morgan fingerprint density at radius 2 is 1.74 bits per heavy atom. The highest BCUT2D eigenvalue weighted by atomic mass is 16.3. The van der Waals surface area contributed by atoms with Gasteiger partial charge in [0.25, 0.3) is 5.91 Å². The summed E-state index contributed by atoms with van der Waals surface area (Å²) < 4.78 is 7.56. The predicted molar refractivity (Wildman–Crippen MR) is 159 cm³/mol. The number of Topliss-reactive ketones (excluding diaryl/α,β-unsaturated/α-hetero) is 1. The number of furan rings is 1. The first-order valence-electron chi connectivity index (χ1n) is 14.1. The zero-order valence-corrected chi connectivity index (χ0v) is 23.4. The number of piperidine rings is 1. The molecule has 0 atom stereocenters. The fourth-order valence-electron chi connectivity index (χ4n) is 5.34. The molecule has 0 unspecified atom stereocenters. The molecule has 2 aromatic heterocycles. The third kappa shape index (κ3) is 6.17. The zero-order valence-electron chi connectivity index (χ0n) is 23.4. The molecule has 210 valence electrons. The van der Waals surface area contributed by atoms with E-state index in [2.05, 4.69) is 21.4 Å². The number of nitrogens with one attached hydrogen (secondary N) is 1. The van der Waals surface area contributed by atoms with Gasteiger partial charge in [-0.2, -0.15) is 10.4 Å². The summed E-state index contributed by atoms with van der Waals surface area (Å²) in [6.07, 6.45) is 5.29. The monoisotopic (exact) mass is 557 g/mol. The van der Waals surface area contributed by atoms with Gasteiger partial charge in [-0.15, -0.1) is 0 Å². The molecule has 1 saturated heterocycles. The van der Waals surface area contributed by atoms with Crippen LogP contribution < -0.4 is 5.32 Å². The van der Waals surface area contributed by atoms with Crippen LogP contribution in [-0.2, 0) is 13.0 Å². The van der Waals surface area contributed by atoms with Gasteiger partial charge in [-0.3, -0.25) is 14.5 Å². The Bertz CT molecular complexity index is 1770. The van der Waals surface area contributed by atoms with Crippen LogP contribution in [0.4, 0.5) is 0 Å². The predicted octanol–water partition coefficient (Wildman–Crippen LogP) is 5.62. The molecule has 0 spiro atoms. The minimum absolute atomic E-state index is 0.0281. The fourth-order valence-corrected chi connectivity index (χ4v) is 5.34. The Labute approximate surface area is 244 Å². The number of rotatable bonds is 8. The van der Waals surface area contributed by atoms with E-state index >= 15 is 0 Å². The molecule has 0 saturated carbocycles. The summed E-state index contributed by atoms with van der Waals surface area (Å²) in [5, 5.41) is 17.2. The third-order valence-electron chi connectivity index (χ3n) is 7.78. The minimum atomic E-state index is -0.224. The van der Waals surface area contributed by atoms with Crippen molar-refractivity contribution >= 4 is 22.7 Å². The summed E-state index contributed by atoms with van der Waals surface area (Å²) in [6.45, 7) is 4.62. The van der Waals surface area contributed by atoms with E-state index in [-0.39, 0.29) is 29.9 Å². The number of nitrogens with zero attached hydrogens (tertiary/aromatic N) is 4. The molecule has 8 heteroatoms. The van der Waals surface area contributed by atoms with Crippen molar-refractivity contribution in [1.29, 1.82) is 5.26 Å². The van der Waals surface area contributed by atoms with Crippen LogP contribution in [0.1, 0.15) is 56.0 Å². The quantitative estimate of drug-likeness (QED) is 0.249. The minimum Gasteiger partial charge on any atom is -0.451 e. The van der Waals surface area contributed by atoms with Gasteiger partial charge in [0.05, 0.1) is 29.1 Å². The number of ketones is 1. The number of aryl methyl sites for hydroxylation is 1. The van der Waals surface area contributed by atoms with Gasteiger partial charge in [0.15, 0.2) is 11.5 Å². The number of hydrogen-bond donors (Lipinski definition) is 1. The molecule has 1 fully saturated rings. The molecule has 8 nitrogen and oxygen atoms in total. The number of benzene rings is 3. The van der Waals surface area contributed by atoms with E-state index in [1.807, 2.05) is 73.7 Å².